The fourth-order valence-corrected chi connectivity index (χ4v) is 4.62. The molecule has 2 atom stereocenters. The number of carbonyl (C=O) groups is 2. The van der Waals surface area contributed by atoms with Crippen molar-refractivity contribution in [3.05, 3.63) is 48.0 Å². The number of hydrogen-bond acceptors (Lipinski definition) is 3. The summed E-state index contributed by atoms with van der Waals surface area (Å²) in [6, 6.07) is 14.6. The fourth-order valence-electron chi connectivity index (χ4n) is 4.62. The lowest BCUT2D eigenvalue weighted by Crippen LogP contribution is -2.43. The van der Waals surface area contributed by atoms with Crippen molar-refractivity contribution in [2.24, 2.45) is 11.8 Å². The second-order valence-electron chi connectivity index (χ2n) is 7.97. The second kappa shape index (κ2) is 8.31. The van der Waals surface area contributed by atoms with Crippen LogP contribution in [-0.2, 0) is 20.7 Å². The molecule has 2 aliphatic rings. The summed E-state index contributed by atoms with van der Waals surface area (Å²) in [6.45, 7) is 1.94. The smallest absolute Gasteiger partial charge is 0.309 e. The average Bonchev–Trinajstić information content (AvgIpc) is 3.22. The Kier molecular flexibility index (Phi) is 5.62. The summed E-state index contributed by atoms with van der Waals surface area (Å²) >= 11 is 0. The summed E-state index contributed by atoms with van der Waals surface area (Å²) < 4.78 is 5.72. The first-order valence-corrected chi connectivity index (χ1v) is 10.2. The highest BCUT2D eigenvalue weighted by Gasteiger charge is 2.40. The van der Waals surface area contributed by atoms with Gasteiger partial charge in [0, 0.05) is 26.1 Å². The Morgan fingerprint density at radius 3 is 2.54 bits per heavy atom. The Labute approximate surface area is 165 Å². The van der Waals surface area contributed by atoms with Crippen molar-refractivity contribution in [1.29, 1.82) is 0 Å². The number of aryl methyl sites for hydroxylation is 1. The van der Waals surface area contributed by atoms with Crippen LogP contribution in [0.25, 0.3) is 10.8 Å². The molecule has 2 fully saturated rings. The predicted molar refractivity (Wildman–Crippen MR) is 107 cm³/mol. The number of piperidine rings is 1. The van der Waals surface area contributed by atoms with Gasteiger partial charge < -0.3 is 14.7 Å². The van der Waals surface area contributed by atoms with Crippen LogP contribution in [0.2, 0.25) is 0 Å². The molecule has 2 aromatic carbocycles. The summed E-state index contributed by atoms with van der Waals surface area (Å²) in [5.41, 5.74) is 1.19. The van der Waals surface area contributed by atoms with Gasteiger partial charge in [-0.2, -0.15) is 0 Å². The molecule has 2 aromatic rings. The molecule has 0 bridgehead atoms. The van der Waals surface area contributed by atoms with Crippen molar-refractivity contribution >= 4 is 22.6 Å². The van der Waals surface area contributed by atoms with E-state index in [2.05, 4.69) is 30.3 Å². The molecule has 0 aliphatic carbocycles. The highest BCUT2D eigenvalue weighted by molar-refractivity contribution is 5.83. The molecule has 1 unspecified atom stereocenters. The molecule has 0 saturated carbocycles. The zero-order chi connectivity index (χ0) is 19.5. The Balaban J connectivity index is 1.28. The summed E-state index contributed by atoms with van der Waals surface area (Å²) in [4.78, 5) is 26.0. The largest absolute Gasteiger partial charge is 0.481 e. The van der Waals surface area contributed by atoms with E-state index in [1.165, 1.54) is 16.3 Å². The molecule has 5 heteroatoms. The van der Waals surface area contributed by atoms with E-state index in [1.54, 1.807) is 0 Å². The molecule has 4 rings (SSSR count). The van der Waals surface area contributed by atoms with Gasteiger partial charge in [-0.15, -0.1) is 0 Å². The highest BCUT2D eigenvalue weighted by atomic mass is 16.5. The lowest BCUT2D eigenvalue weighted by atomic mass is 9.84. The molecule has 1 amide bonds. The van der Waals surface area contributed by atoms with Crippen LogP contribution < -0.4 is 0 Å². The van der Waals surface area contributed by atoms with E-state index in [-0.39, 0.29) is 23.8 Å². The highest BCUT2D eigenvalue weighted by Crippen LogP contribution is 2.33. The maximum absolute atomic E-state index is 12.6. The molecular weight excluding hydrogens is 354 g/mol. The van der Waals surface area contributed by atoms with Crippen LogP contribution in [0.15, 0.2) is 42.5 Å². The third kappa shape index (κ3) is 4.04. The SMILES string of the molecule is O=C(O)C1CCO[C@H]1C1CCN(C(=O)CCc2ccc3ccccc3c2)CC1. The fraction of sp³-hybridized carbons (Fsp3) is 0.478. The molecular formula is C23H27NO4. The molecule has 5 nitrogen and oxygen atoms in total. The molecule has 0 spiro atoms. The number of rotatable bonds is 5. The van der Waals surface area contributed by atoms with E-state index >= 15 is 0 Å². The van der Waals surface area contributed by atoms with E-state index in [9.17, 15) is 14.7 Å². The number of aliphatic carboxylic acids is 1. The third-order valence-electron chi connectivity index (χ3n) is 6.25. The minimum Gasteiger partial charge on any atom is -0.481 e. The number of carboxylic acid groups (broad SMARTS) is 1. The Hall–Kier alpha value is -2.40. The van der Waals surface area contributed by atoms with Crippen LogP contribution in [0.3, 0.4) is 0 Å². The Morgan fingerprint density at radius 1 is 1.04 bits per heavy atom. The lowest BCUT2D eigenvalue weighted by molar-refractivity contribution is -0.146. The van der Waals surface area contributed by atoms with Crippen molar-refractivity contribution in [2.45, 2.75) is 38.2 Å². The molecule has 2 aliphatic heterocycles. The van der Waals surface area contributed by atoms with Gasteiger partial charge in [0.2, 0.25) is 5.91 Å². The summed E-state index contributed by atoms with van der Waals surface area (Å²) in [6.07, 6.45) is 3.33. The molecule has 0 radical (unpaired) electrons. The number of ether oxygens (including phenoxy) is 1. The number of likely N-dealkylation sites (tertiary alicyclic amines) is 1. The van der Waals surface area contributed by atoms with Gasteiger partial charge in [-0.25, -0.2) is 0 Å². The average molecular weight is 381 g/mol. The molecule has 2 saturated heterocycles. The molecule has 0 aromatic heterocycles. The van der Waals surface area contributed by atoms with Crippen molar-refractivity contribution in [3.63, 3.8) is 0 Å². The van der Waals surface area contributed by atoms with Crippen LogP contribution in [0.5, 0.6) is 0 Å². The number of carboxylic acids is 1. The van der Waals surface area contributed by atoms with Crippen molar-refractivity contribution < 1.29 is 19.4 Å². The van der Waals surface area contributed by atoms with Crippen LogP contribution in [0, 0.1) is 11.8 Å². The normalized spacial score (nSPS) is 23.2. The number of amides is 1. The lowest BCUT2D eigenvalue weighted by Gasteiger charge is -2.35. The summed E-state index contributed by atoms with van der Waals surface area (Å²) in [7, 11) is 0. The van der Waals surface area contributed by atoms with Crippen LogP contribution in [0.1, 0.15) is 31.2 Å². The first-order valence-electron chi connectivity index (χ1n) is 10.2. The van der Waals surface area contributed by atoms with E-state index in [4.69, 9.17) is 4.74 Å². The van der Waals surface area contributed by atoms with Gasteiger partial charge >= 0.3 is 5.97 Å². The third-order valence-corrected chi connectivity index (χ3v) is 6.25. The Morgan fingerprint density at radius 2 is 1.79 bits per heavy atom. The van der Waals surface area contributed by atoms with Gasteiger partial charge in [-0.1, -0.05) is 42.5 Å². The number of benzene rings is 2. The summed E-state index contributed by atoms with van der Waals surface area (Å²) in [5, 5.41) is 11.8. The number of fused-ring (bicyclic) bond motifs is 1. The number of carbonyl (C=O) groups excluding carboxylic acids is 1. The van der Waals surface area contributed by atoms with Crippen LogP contribution in [0.4, 0.5) is 0 Å². The summed E-state index contributed by atoms with van der Waals surface area (Å²) in [5.74, 6) is -0.710. The minimum absolute atomic E-state index is 0.188. The number of hydrogen-bond donors (Lipinski definition) is 1. The van der Waals surface area contributed by atoms with Gasteiger partial charge in [0.05, 0.1) is 12.0 Å². The zero-order valence-corrected chi connectivity index (χ0v) is 16.0. The molecule has 148 valence electrons. The predicted octanol–water partition coefficient (Wildman–Crippen LogP) is 3.50. The second-order valence-corrected chi connectivity index (χ2v) is 7.97. The standard InChI is InChI=1S/C23H27NO4/c25-21(8-6-16-5-7-17-3-1-2-4-19(17)15-16)24-12-9-18(10-13-24)22-20(23(26)27)11-14-28-22/h1-5,7,15,18,20,22H,6,8-14H2,(H,26,27)/t20?,22-/m0/s1. The van der Waals surface area contributed by atoms with E-state index in [0.717, 1.165) is 19.3 Å². The number of nitrogens with zero attached hydrogens (tertiary/aromatic N) is 1. The van der Waals surface area contributed by atoms with Gasteiger partial charge in [0.15, 0.2) is 0 Å². The molecule has 1 N–H and O–H groups in total. The molecule has 28 heavy (non-hydrogen) atoms. The van der Waals surface area contributed by atoms with Gasteiger partial charge in [-0.05, 0) is 47.9 Å². The monoisotopic (exact) mass is 381 g/mol. The maximum atomic E-state index is 12.6. The first kappa shape index (κ1) is 18.9. The van der Waals surface area contributed by atoms with E-state index < -0.39 is 5.97 Å². The minimum atomic E-state index is -0.753. The quantitative estimate of drug-likeness (QED) is 0.861. The van der Waals surface area contributed by atoms with Crippen LogP contribution >= 0.6 is 0 Å². The first-order chi connectivity index (χ1) is 13.6. The van der Waals surface area contributed by atoms with Crippen molar-refractivity contribution in [2.75, 3.05) is 19.7 Å². The van der Waals surface area contributed by atoms with E-state index in [0.29, 0.717) is 32.5 Å². The zero-order valence-electron chi connectivity index (χ0n) is 16.0. The van der Waals surface area contributed by atoms with Gasteiger partial charge in [-0.3, -0.25) is 9.59 Å². The van der Waals surface area contributed by atoms with Gasteiger partial charge in [0.25, 0.3) is 0 Å². The Bertz CT molecular complexity index is 857. The van der Waals surface area contributed by atoms with Crippen molar-refractivity contribution in [1.82, 2.24) is 4.90 Å². The topological polar surface area (TPSA) is 66.8 Å². The van der Waals surface area contributed by atoms with Gasteiger partial charge in [0.1, 0.15) is 0 Å². The maximum Gasteiger partial charge on any atom is 0.309 e. The van der Waals surface area contributed by atoms with Crippen molar-refractivity contribution in [3.8, 4) is 0 Å². The van der Waals surface area contributed by atoms with Crippen LogP contribution in [-0.4, -0.2) is 47.7 Å². The molecule has 2 heterocycles. The van der Waals surface area contributed by atoms with E-state index in [1.807, 2.05) is 17.0 Å².